The van der Waals surface area contributed by atoms with Crippen LogP contribution in [0.15, 0.2) is 35.2 Å². The lowest BCUT2D eigenvalue weighted by molar-refractivity contribution is 0.301. The van der Waals surface area contributed by atoms with Gasteiger partial charge >= 0.3 is 0 Å². The van der Waals surface area contributed by atoms with Crippen molar-refractivity contribution in [1.29, 1.82) is 0 Å². The molecule has 0 aliphatic heterocycles. The normalized spacial score (nSPS) is 10.9. The van der Waals surface area contributed by atoms with Gasteiger partial charge in [-0.25, -0.2) is 4.98 Å². The fourth-order valence-corrected chi connectivity index (χ4v) is 2.29. The second-order valence-electron chi connectivity index (χ2n) is 4.28. The van der Waals surface area contributed by atoms with Crippen LogP contribution in [0.1, 0.15) is 25.6 Å². The number of imidazole rings is 1. The van der Waals surface area contributed by atoms with E-state index in [9.17, 15) is 0 Å². The number of halogens is 1. The Labute approximate surface area is 114 Å². The molecule has 0 aliphatic rings. The molecule has 4 nitrogen and oxygen atoms in total. The van der Waals surface area contributed by atoms with E-state index in [2.05, 4.69) is 34.8 Å². The van der Waals surface area contributed by atoms with Gasteiger partial charge in [0.1, 0.15) is 18.1 Å². The first kappa shape index (κ1) is 13.0. The average molecular weight is 311 g/mol. The van der Waals surface area contributed by atoms with Crippen molar-refractivity contribution in [3.8, 4) is 11.5 Å². The second kappa shape index (κ2) is 5.44. The molecule has 0 spiro atoms. The zero-order valence-electron chi connectivity index (χ0n) is 10.3. The van der Waals surface area contributed by atoms with Crippen molar-refractivity contribution >= 4 is 15.9 Å². The first-order chi connectivity index (χ1) is 8.56. The molecule has 0 bridgehead atoms. The number of ether oxygens (including phenoxy) is 1. The Morgan fingerprint density at radius 2 is 2.00 bits per heavy atom. The molecule has 1 aromatic carbocycles. The molecule has 1 aromatic heterocycles. The lowest BCUT2D eigenvalue weighted by atomic mass is 10.3. The zero-order valence-corrected chi connectivity index (χ0v) is 11.9. The summed E-state index contributed by atoms with van der Waals surface area (Å²) in [5.74, 6) is 0.942. The molecule has 5 heteroatoms. The molecule has 2 rings (SSSR count). The predicted octanol–water partition coefficient (Wildman–Crippen LogP) is 3.51. The molecule has 0 radical (unpaired) electrons. The summed E-state index contributed by atoms with van der Waals surface area (Å²) >= 11 is 3.42. The largest absolute Gasteiger partial charge is 0.508 e. The van der Waals surface area contributed by atoms with Crippen LogP contribution in [0, 0.1) is 0 Å². The predicted molar refractivity (Wildman–Crippen MR) is 72.8 cm³/mol. The fourth-order valence-electron chi connectivity index (χ4n) is 1.55. The van der Waals surface area contributed by atoms with E-state index in [0.29, 0.717) is 18.4 Å². The van der Waals surface area contributed by atoms with Gasteiger partial charge in [-0.1, -0.05) is 0 Å². The average Bonchev–Trinajstić information content (AvgIpc) is 2.70. The Bertz CT molecular complexity index is 520. The van der Waals surface area contributed by atoms with Gasteiger partial charge in [-0.15, -0.1) is 0 Å². The summed E-state index contributed by atoms with van der Waals surface area (Å²) in [6.45, 7) is 4.59. The minimum Gasteiger partial charge on any atom is -0.508 e. The van der Waals surface area contributed by atoms with Crippen LogP contribution in [0.2, 0.25) is 0 Å². The van der Waals surface area contributed by atoms with E-state index < -0.39 is 0 Å². The molecule has 0 saturated heterocycles. The number of nitrogens with zero attached hydrogens (tertiary/aromatic N) is 2. The highest BCUT2D eigenvalue weighted by molar-refractivity contribution is 9.10. The van der Waals surface area contributed by atoms with Gasteiger partial charge in [0.2, 0.25) is 0 Å². The van der Waals surface area contributed by atoms with Crippen LogP contribution in [-0.2, 0) is 6.61 Å². The quantitative estimate of drug-likeness (QED) is 0.940. The topological polar surface area (TPSA) is 47.3 Å². The van der Waals surface area contributed by atoms with Crippen molar-refractivity contribution in [2.45, 2.75) is 26.5 Å². The minimum atomic E-state index is 0.231. The number of rotatable bonds is 4. The standard InChI is InChI=1S/C13H15BrN2O2/c1-9(2)16-7-10(15-13(16)14)8-18-12-5-3-11(17)4-6-12/h3-7,9,17H,8H2,1-2H3. The molecule has 0 saturated carbocycles. The highest BCUT2D eigenvalue weighted by Gasteiger charge is 2.08. The van der Waals surface area contributed by atoms with Crippen molar-refractivity contribution in [1.82, 2.24) is 9.55 Å². The van der Waals surface area contributed by atoms with Gasteiger partial charge in [-0.05, 0) is 54.0 Å². The van der Waals surface area contributed by atoms with E-state index in [0.717, 1.165) is 10.4 Å². The zero-order chi connectivity index (χ0) is 13.1. The van der Waals surface area contributed by atoms with Gasteiger partial charge in [0.05, 0.1) is 5.69 Å². The second-order valence-corrected chi connectivity index (χ2v) is 4.99. The van der Waals surface area contributed by atoms with Crippen LogP contribution in [0.4, 0.5) is 0 Å². The molecule has 96 valence electrons. The Balaban J connectivity index is 2.02. The van der Waals surface area contributed by atoms with E-state index in [1.165, 1.54) is 0 Å². The van der Waals surface area contributed by atoms with Crippen molar-refractivity contribution in [3.05, 3.63) is 40.9 Å². The number of aromatic nitrogens is 2. The van der Waals surface area contributed by atoms with Crippen LogP contribution in [0.25, 0.3) is 0 Å². The summed E-state index contributed by atoms with van der Waals surface area (Å²) < 4.78 is 8.43. The number of phenolic OH excluding ortho intramolecular Hbond substituents is 1. The molecule has 2 aromatic rings. The van der Waals surface area contributed by atoms with E-state index in [4.69, 9.17) is 9.84 Å². The summed E-state index contributed by atoms with van der Waals surface area (Å²) in [4.78, 5) is 4.37. The highest BCUT2D eigenvalue weighted by atomic mass is 79.9. The SMILES string of the molecule is CC(C)n1cc(COc2ccc(O)cc2)nc1Br. The number of phenols is 1. The molecule has 18 heavy (non-hydrogen) atoms. The first-order valence-corrected chi connectivity index (χ1v) is 6.50. The van der Waals surface area contributed by atoms with Crippen LogP contribution in [0.5, 0.6) is 11.5 Å². The molecular weight excluding hydrogens is 296 g/mol. The van der Waals surface area contributed by atoms with E-state index >= 15 is 0 Å². The smallest absolute Gasteiger partial charge is 0.177 e. The monoisotopic (exact) mass is 310 g/mol. The molecule has 0 unspecified atom stereocenters. The van der Waals surface area contributed by atoms with Crippen molar-refractivity contribution < 1.29 is 9.84 Å². The van der Waals surface area contributed by atoms with Crippen LogP contribution >= 0.6 is 15.9 Å². The van der Waals surface area contributed by atoms with Crippen LogP contribution in [-0.4, -0.2) is 14.7 Å². The van der Waals surface area contributed by atoms with Gasteiger partial charge < -0.3 is 14.4 Å². The molecule has 0 aliphatic carbocycles. The summed E-state index contributed by atoms with van der Waals surface area (Å²) in [7, 11) is 0. The van der Waals surface area contributed by atoms with Crippen LogP contribution < -0.4 is 4.74 Å². The Morgan fingerprint density at radius 1 is 1.33 bits per heavy atom. The third-order valence-corrected chi connectivity index (χ3v) is 3.10. The Hall–Kier alpha value is -1.49. The maximum Gasteiger partial charge on any atom is 0.177 e. The van der Waals surface area contributed by atoms with Gasteiger partial charge in [-0.3, -0.25) is 0 Å². The van der Waals surface area contributed by atoms with Gasteiger partial charge in [0.15, 0.2) is 4.73 Å². The lowest BCUT2D eigenvalue weighted by Gasteiger charge is -2.06. The summed E-state index contributed by atoms with van der Waals surface area (Å²) in [6, 6.07) is 7.00. The molecule has 1 heterocycles. The van der Waals surface area contributed by atoms with Gasteiger partial charge in [-0.2, -0.15) is 0 Å². The summed E-state index contributed by atoms with van der Waals surface area (Å²) in [5, 5.41) is 9.17. The number of benzene rings is 1. The third kappa shape index (κ3) is 3.04. The molecule has 0 atom stereocenters. The summed E-state index contributed by atoms with van der Waals surface area (Å²) in [6.07, 6.45) is 1.97. The van der Waals surface area contributed by atoms with E-state index in [-0.39, 0.29) is 5.75 Å². The Kier molecular flexibility index (Phi) is 3.91. The van der Waals surface area contributed by atoms with E-state index in [1.54, 1.807) is 24.3 Å². The molecule has 0 amide bonds. The summed E-state index contributed by atoms with van der Waals surface area (Å²) in [5.41, 5.74) is 0.864. The maximum atomic E-state index is 9.17. The van der Waals surface area contributed by atoms with E-state index in [1.807, 2.05) is 10.8 Å². The maximum absolute atomic E-state index is 9.17. The Morgan fingerprint density at radius 3 is 2.56 bits per heavy atom. The lowest BCUT2D eigenvalue weighted by Crippen LogP contribution is -1.99. The van der Waals surface area contributed by atoms with Crippen LogP contribution in [0.3, 0.4) is 0 Å². The van der Waals surface area contributed by atoms with Crippen molar-refractivity contribution in [2.24, 2.45) is 0 Å². The van der Waals surface area contributed by atoms with Crippen molar-refractivity contribution in [3.63, 3.8) is 0 Å². The first-order valence-electron chi connectivity index (χ1n) is 5.71. The number of hydrogen-bond donors (Lipinski definition) is 1. The number of hydrogen-bond acceptors (Lipinski definition) is 3. The molecule has 1 N–H and O–H groups in total. The van der Waals surface area contributed by atoms with Crippen molar-refractivity contribution in [2.75, 3.05) is 0 Å². The minimum absolute atomic E-state index is 0.231. The molecule has 0 fully saturated rings. The third-order valence-electron chi connectivity index (χ3n) is 2.52. The highest BCUT2D eigenvalue weighted by Crippen LogP contribution is 2.19. The molecular formula is C13H15BrN2O2. The van der Waals surface area contributed by atoms with Gasteiger partial charge in [0.25, 0.3) is 0 Å². The number of aromatic hydroxyl groups is 1. The fraction of sp³-hybridized carbons (Fsp3) is 0.308. The van der Waals surface area contributed by atoms with Gasteiger partial charge in [0, 0.05) is 12.2 Å².